The van der Waals surface area contributed by atoms with Crippen LogP contribution in [0, 0.1) is 31.0 Å². The van der Waals surface area contributed by atoms with Gasteiger partial charge in [-0.25, -0.2) is 4.39 Å². The van der Waals surface area contributed by atoms with Crippen LogP contribution in [0.5, 0.6) is 0 Å². The Hall–Kier alpha value is -4.14. The first-order valence-electron chi connectivity index (χ1n) is 15.6. The molecule has 2 aromatic carbocycles. The summed E-state index contributed by atoms with van der Waals surface area (Å²) in [5.74, 6) is -0.603. The molecule has 0 bridgehead atoms. The third-order valence-electron chi connectivity index (χ3n) is 8.98. The minimum absolute atomic E-state index is 0.0155. The first kappa shape index (κ1) is 32.8. The molecule has 0 spiro atoms. The van der Waals surface area contributed by atoms with Crippen molar-refractivity contribution in [1.82, 2.24) is 30.8 Å². The molecule has 244 valence electrons. The van der Waals surface area contributed by atoms with E-state index >= 15 is 4.39 Å². The van der Waals surface area contributed by atoms with Crippen LogP contribution in [0.2, 0.25) is 10.0 Å². The van der Waals surface area contributed by atoms with Crippen molar-refractivity contribution in [2.75, 3.05) is 23.7 Å². The predicted molar refractivity (Wildman–Crippen MR) is 187 cm³/mol. The molecule has 6 rings (SSSR count). The highest BCUT2D eigenvalue weighted by atomic mass is 35.5. The van der Waals surface area contributed by atoms with Crippen molar-refractivity contribution in [3.8, 4) is 6.07 Å². The third-order valence-corrected chi connectivity index (χ3v) is 9.73. The molecule has 4 heterocycles. The minimum Gasteiger partial charge on any atom is -0.373 e. The van der Waals surface area contributed by atoms with Gasteiger partial charge < -0.3 is 16.1 Å². The Morgan fingerprint density at radius 2 is 1.87 bits per heavy atom. The number of piperidine rings is 1. The summed E-state index contributed by atoms with van der Waals surface area (Å²) in [4.78, 5) is 11.6. The van der Waals surface area contributed by atoms with E-state index in [-0.39, 0.29) is 27.9 Å². The maximum absolute atomic E-state index is 15.2. The molecule has 0 saturated carbocycles. The number of rotatable bonds is 7. The van der Waals surface area contributed by atoms with Gasteiger partial charge in [0.1, 0.15) is 6.07 Å². The number of halogens is 3. The van der Waals surface area contributed by atoms with Gasteiger partial charge in [0.2, 0.25) is 0 Å². The van der Waals surface area contributed by atoms with Crippen LogP contribution in [0.15, 0.2) is 60.7 Å². The average Bonchev–Trinajstić information content (AvgIpc) is 3.54. The Kier molecular flexibility index (Phi) is 9.18. The lowest BCUT2D eigenvalue weighted by Gasteiger charge is -2.42. The molecule has 2 aromatic heterocycles. The quantitative estimate of drug-likeness (QED) is 0.156. The van der Waals surface area contributed by atoms with E-state index in [0.717, 1.165) is 42.9 Å². The van der Waals surface area contributed by atoms with Crippen LogP contribution in [0.1, 0.15) is 62.0 Å². The molecule has 9 nitrogen and oxygen atoms in total. The lowest BCUT2D eigenvalue weighted by molar-refractivity contribution is 0.0570. The van der Waals surface area contributed by atoms with Crippen molar-refractivity contribution in [2.45, 2.75) is 65.1 Å². The fourth-order valence-corrected chi connectivity index (χ4v) is 6.67. The number of likely N-dealkylation sites (tertiary alicyclic amines) is 1. The van der Waals surface area contributed by atoms with Crippen LogP contribution in [0.4, 0.5) is 21.5 Å². The Bertz CT molecular complexity index is 1890. The number of nitrogens with zero attached hydrogens (tertiary/aromatic N) is 5. The summed E-state index contributed by atoms with van der Waals surface area (Å²) in [6.07, 6.45) is 7.40. The third kappa shape index (κ3) is 6.67. The second-order valence-electron chi connectivity index (χ2n) is 13.1. The fraction of sp³-hybridized carbons (Fsp3) is 0.343. The first-order chi connectivity index (χ1) is 22.4. The number of anilines is 3. The predicted octanol–water partition coefficient (Wildman–Crippen LogP) is 7.89. The van der Waals surface area contributed by atoms with Gasteiger partial charge in [-0.1, -0.05) is 35.3 Å². The molecule has 0 radical (unpaired) electrons. The number of hydrazine groups is 2. The SMILES string of the molecule is Cc1ccc(Nc2c(C#N)cnc3c(Cl)cc(N[C@H](C4=CN(C5CCN(C(C)(C)C)CC5)NN4)c4cccnc4C)cc23)c(F)c1Cl. The smallest absolute Gasteiger partial charge is 0.165 e. The van der Waals surface area contributed by atoms with E-state index in [1.807, 2.05) is 25.1 Å². The van der Waals surface area contributed by atoms with Gasteiger partial charge in [-0.15, -0.1) is 5.53 Å². The highest BCUT2D eigenvalue weighted by Gasteiger charge is 2.32. The van der Waals surface area contributed by atoms with Gasteiger partial charge in [0.25, 0.3) is 0 Å². The molecular formula is C35H38Cl2FN9. The van der Waals surface area contributed by atoms with E-state index in [2.05, 4.69) is 74.5 Å². The zero-order chi connectivity index (χ0) is 33.5. The second kappa shape index (κ2) is 13.2. The summed E-state index contributed by atoms with van der Waals surface area (Å²) in [6.45, 7) is 12.6. The maximum Gasteiger partial charge on any atom is 0.165 e. The maximum atomic E-state index is 15.2. The number of benzene rings is 2. The van der Waals surface area contributed by atoms with Gasteiger partial charge in [0.05, 0.1) is 44.2 Å². The standard InChI is InChI=1S/C35H38Cl2FN9/c1-20-8-9-28(31(38)30(20)37)43-32-22(17-39)18-41-33-26(32)15-23(16-27(33)36)42-34(25-7-6-12-40-21(25)2)29-19-47(45-44-29)24-10-13-46(14-11-24)35(3,4)5/h6-9,12,15-16,18-19,24,34,42,44-45H,10-11,13-14H2,1-5H3,(H,41,43)/t34-/m0/s1. The fourth-order valence-electron chi connectivity index (χ4n) is 6.23. The lowest BCUT2D eigenvalue weighted by atomic mass is 9.97. The van der Waals surface area contributed by atoms with Crippen molar-refractivity contribution in [3.63, 3.8) is 0 Å². The van der Waals surface area contributed by atoms with Gasteiger partial charge >= 0.3 is 0 Å². The molecule has 1 fully saturated rings. The van der Waals surface area contributed by atoms with E-state index in [1.54, 1.807) is 31.3 Å². The molecule has 4 aromatic rings. The van der Waals surface area contributed by atoms with E-state index in [1.165, 1.54) is 6.20 Å². The van der Waals surface area contributed by atoms with Gasteiger partial charge in [-0.05, 0) is 77.3 Å². The van der Waals surface area contributed by atoms with Gasteiger partial charge in [-0.2, -0.15) is 5.26 Å². The van der Waals surface area contributed by atoms with Gasteiger partial charge in [0.15, 0.2) is 5.82 Å². The Morgan fingerprint density at radius 1 is 1.11 bits per heavy atom. The molecule has 1 atom stereocenters. The molecule has 12 heteroatoms. The van der Waals surface area contributed by atoms with Crippen LogP contribution >= 0.6 is 23.2 Å². The Labute approximate surface area is 284 Å². The molecule has 0 unspecified atom stereocenters. The number of hydrogen-bond acceptors (Lipinski definition) is 9. The van der Waals surface area contributed by atoms with Crippen LogP contribution in [-0.2, 0) is 0 Å². The van der Waals surface area contributed by atoms with E-state index in [9.17, 15) is 5.26 Å². The van der Waals surface area contributed by atoms with Crippen LogP contribution in [-0.4, -0.2) is 44.5 Å². The number of hydrogen-bond donors (Lipinski definition) is 4. The monoisotopic (exact) mass is 673 g/mol. The Morgan fingerprint density at radius 3 is 2.57 bits per heavy atom. The summed E-state index contributed by atoms with van der Waals surface area (Å²) in [6, 6.07) is 13.1. The van der Waals surface area contributed by atoms with Crippen LogP contribution in [0.25, 0.3) is 10.9 Å². The van der Waals surface area contributed by atoms with Crippen molar-refractivity contribution < 1.29 is 4.39 Å². The topological polar surface area (TPSA) is 104 Å². The summed E-state index contributed by atoms with van der Waals surface area (Å²) in [7, 11) is 0. The molecule has 1 saturated heterocycles. The van der Waals surface area contributed by atoms with Gasteiger partial charge in [-0.3, -0.25) is 19.9 Å². The zero-order valence-corrected chi connectivity index (χ0v) is 28.6. The van der Waals surface area contributed by atoms with E-state index in [4.69, 9.17) is 23.2 Å². The second-order valence-corrected chi connectivity index (χ2v) is 13.9. The number of nitrogens with one attached hydrogen (secondary N) is 4. The van der Waals surface area contributed by atoms with Crippen molar-refractivity contribution in [1.29, 1.82) is 5.26 Å². The summed E-state index contributed by atoms with van der Waals surface area (Å²) in [5, 5.41) is 19.8. The molecular weight excluding hydrogens is 636 g/mol. The number of aromatic nitrogens is 2. The van der Waals surface area contributed by atoms with Crippen LogP contribution in [0.3, 0.4) is 0 Å². The number of nitriles is 1. The lowest BCUT2D eigenvalue weighted by Crippen LogP contribution is -2.52. The molecule has 0 amide bonds. The van der Waals surface area contributed by atoms with E-state index < -0.39 is 5.82 Å². The summed E-state index contributed by atoms with van der Waals surface area (Å²) >= 11 is 13.0. The Balaban J connectivity index is 1.36. The number of fused-ring (bicyclic) bond motifs is 1. The van der Waals surface area contributed by atoms with Crippen molar-refractivity contribution >= 4 is 51.2 Å². The largest absolute Gasteiger partial charge is 0.373 e. The average molecular weight is 675 g/mol. The van der Waals surface area contributed by atoms with E-state index in [0.29, 0.717) is 38.9 Å². The normalized spacial score (nSPS) is 16.5. The summed E-state index contributed by atoms with van der Waals surface area (Å²) < 4.78 is 15.2. The van der Waals surface area contributed by atoms with Crippen LogP contribution < -0.4 is 21.6 Å². The van der Waals surface area contributed by atoms with Crippen molar-refractivity contribution in [3.05, 3.63) is 98.9 Å². The highest BCUT2D eigenvalue weighted by Crippen LogP contribution is 2.38. The number of aryl methyl sites for hydroxylation is 2. The number of pyridine rings is 2. The van der Waals surface area contributed by atoms with Gasteiger partial charge in [0, 0.05) is 65.6 Å². The molecule has 4 N–H and O–H groups in total. The first-order valence-corrected chi connectivity index (χ1v) is 16.4. The van der Waals surface area contributed by atoms with Crippen molar-refractivity contribution in [2.24, 2.45) is 0 Å². The zero-order valence-electron chi connectivity index (χ0n) is 27.0. The molecule has 2 aliphatic heterocycles. The highest BCUT2D eigenvalue weighted by molar-refractivity contribution is 6.36. The summed E-state index contributed by atoms with van der Waals surface area (Å²) in [5.41, 5.74) is 12.2. The molecule has 2 aliphatic rings. The molecule has 0 aliphatic carbocycles. The molecule has 47 heavy (non-hydrogen) atoms. The minimum atomic E-state index is -0.603.